The minimum absolute atomic E-state index is 0.140. The summed E-state index contributed by atoms with van der Waals surface area (Å²) < 4.78 is 10.8. The van der Waals surface area contributed by atoms with Crippen molar-refractivity contribution in [2.75, 3.05) is 24.9 Å². The Morgan fingerprint density at radius 3 is 2.56 bits per heavy atom. The van der Waals surface area contributed by atoms with Gasteiger partial charge in [-0.2, -0.15) is 0 Å². The summed E-state index contributed by atoms with van der Waals surface area (Å²) in [6.45, 7) is 0. The summed E-state index contributed by atoms with van der Waals surface area (Å²) in [7, 11) is 3.21. The molecule has 0 saturated heterocycles. The smallest absolute Gasteiger partial charge is 0.255 e. The number of anilines is 2. The number of hydrogen-bond donors (Lipinski definition) is 2. The van der Waals surface area contributed by atoms with Crippen molar-refractivity contribution in [2.45, 2.75) is 31.2 Å². The number of fused-ring (bicyclic) bond motifs is 7. The van der Waals surface area contributed by atoms with Gasteiger partial charge in [0.25, 0.3) is 5.91 Å². The molecule has 0 aromatic heterocycles. The molecule has 1 aliphatic heterocycles. The molecule has 2 saturated carbocycles. The summed E-state index contributed by atoms with van der Waals surface area (Å²) >= 11 is 0. The molecule has 174 valence electrons. The molecule has 5 nitrogen and oxygen atoms in total. The number of hydrogen-bond acceptors (Lipinski definition) is 4. The molecule has 3 aromatic carbocycles. The zero-order chi connectivity index (χ0) is 23.2. The van der Waals surface area contributed by atoms with Crippen LogP contribution in [0, 0.1) is 17.8 Å². The average Bonchev–Trinajstić information content (AvgIpc) is 3.51. The van der Waals surface area contributed by atoms with Gasteiger partial charge in [0.1, 0.15) is 11.5 Å². The van der Waals surface area contributed by atoms with E-state index in [9.17, 15) is 4.79 Å². The highest BCUT2D eigenvalue weighted by atomic mass is 16.5. The molecule has 0 spiro atoms. The molecule has 2 aliphatic carbocycles. The summed E-state index contributed by atoms with van der Waals surface area (Å²) in [5, 5.41) is 6.87. The Morgan fingerprint density at radius 2 is 1.76 bits per heavy atom. The fourth-order valence-corrected chi connectivity index (χ4v) is 6.72. The van der Waals surface area contributed by atoms with Crippen LogP contribution in [0.25, 0.3) is 0 Å². The number of rotatable bonds is 5. The topological polar surface area (TPSA) is 59.6 Å². The van der Waals surface area contributed by atoms with Crippen LogP contribution < -0.4 is 20.1 Å². The molecule has 0 unspecified atom stereocenters. The van der Waals surface area contributed by atoms with Gasteiger partial charge in [-0.05, 0) is 84.4 Å². The van der Waals surface area contributed by atoms with E-state index in [0.717, 1.165) is 11.6 Å². The van der Waals surface area contributed by atoms with Crippen LogP contribution in [0.5, 0.6) is 11.5 Å². The number of carbonyl (C=O) groups is 1. The molecule has 5 heteroatoms. The van der Waals surface area contributed by atoms with Crippen LogP contribution in [0.4, 0.5) is 11.4 Å². The zero-order valence-electron chi connectivity index (χ0n) is 19.6. The molecule has 3 aromatic rings. The number of carbonyl (C=O) groups excluding carboxylic acids is 1. The van der Waals surface area contributed by atoms with Gasteiger partial charge in [-0.3, -0.25) is 4.79 Å². The standard InChI is InChI=1S/C29H30N2O3/c1-33-21-11-13-25(34-2)24(16-21)31-29(32)20-10-12-23-22(15-20)26-18-8-9-19(14-18)27(26)28(30-23)17-6-4-3-5-7-17/h3-7,10-13,15-16,18-19,26-28,30H,8-9,14H2,1-2H3,(H,31,32)/t18-,19+,26+,27+,28-/m1/s1. The Kier molecular flexibility index (Phi) is 5.20. The first-order valence-corrected chi connectivity index (χ1v) is 12.1. The number of ether oxygens (including phenoxy) is 2. The third-order valence-electron chi connectivity index (χ3n) is 8.16. The summed E-state index contributed by atoms with van der Waals surface area (Å²) in [4.78, 5) is 13.3. The third-order valence-corrected chi connectivity index (χ3v) is 8.16. The van der Waals surface area contributed by atoms with E-state index in [-0.39, 0.29) is 5.91 Å². The van der Waals surface area contributed by atoms with Crippen molar-refractivity contribution in [3.8, 4) is 11.5 Å². The van der Waals surface area contributed by atoms with Gasteiger partial charge in [0, 0.05) is 17.3 Å². The Hall–Kier alpha value is -3.47. The minimum Gasteiger partial charge on any atom is -0.497 e. The number of nitrogens with one attached hydrogen (secondary N) is 2. The highest BCUT2D eigenvalue weighted by Gasteiger charge is 2.53. The van der Waals surface area contributed by atoms with Crippen molar-refractivity contribution in [1.82, 2.24) is 0 Å². The van der Waals surface area contributed by atoms with E-state index >= 15 is 0 Å². The van der Waals surface area contributed by atoms with Gasteiger partial charge >= 0.3 is 0 Å². The Labute approximate surface area is 200 Å². The second-order valence-corrected chi connectivity index (χ2v) is 9.79. The molecule has 1 amide bonds. The molecule has 5 atom stereocenters. The van der Waals surface area contributed by atoms with Gasteiger partial charge < -0.3 is 20.1 Å². The molecule has 34 heavy (non-hydrogen) atoms. The largest absolute Gasteiger partial charge is 0.497 e. The quantitative estimate of drug-likeness (QED) is 0.478. The van der Waals surface area contributed by atoms with E-state index in [1.165, 1.54) is 30.4 Å². The van der Waals surface area contributed by atoms with Crippen molar-refractivity contribution in [3.63, 3.8) is 0 Å². The van der Waals surface area contributed by atoms with E-state index in [2.05, 4.69) is 53.1 Å². The first-order chi connectivity index (χ1) is 16.7. The molecular formula is C29H30N2O3. The predicted octanol–water partition coefficient (Wildman–Crippen LogP) is 6.25. The monoisotopic (exact) mass is 454 g/mol. The van der Waals surface area contributed by atoms with E-state index < -0.39 is 0 Å². The fourth-order valence-electron chi connectivity index (χ4n) is 6.72. The second-order valence-electron chi connectivity index (χ2n) is 9.79. The molecule has 0 radical (unpaired) electrons. The van der Waals surface area contributed by atoms with Crippen LogP contribution in [0.3, 0.4) is 0 Å². The molecule has 6 rings (SSSR count). The molecule has 1 heterocycles. The van der Waals surface area contributed by atoms with Crippen LogP contribution in [-0.4, -0.2) is 20.1 Å². The summed E-state index contributed by atoms with van der Waals surface area (Å²) in [6, 6.07) is 22.7. The van der Waals surface area contributed by atoms with Gasteiger partial charge in [-0.1, -0.05) is 30.3 Å². The average molecular weight is 455 g/mol. The Balaban J connectivity index is 1.33. The van der Waals surface area contributed by atoms with Crippen LogP contribution in [0.15, 0.2) is 66.7 Å². The molecular weight excluding hydrogens is 424 g/mol. The van der Waals surface area contributed by atoms with Crippen molar-refractivity contribution in [1.29, 1.82) is 0 Å². The SMILES string of the molecule is COc1ccc(OC)c(NC(=O)c2ccc3c(c2)[C@@H]2[C@@H]4CC[C@@H](C4)[C@@H]2[C@@H](c2ccccc2)N3)c1. The Bertz CT molecular complexity index is 1230. The van der Waals surface area contributed by atoms with E-state index in [0.29, 0.717) is 46.5 Å². The lowest BCUT2D eigenvalue weighted by Gasteiger charge is -2.43. The lowest BCUT2D eigenvalue weighted by molar-refractivity contribution is 0.102. The van der Waals surface area contributed by atoms with Gasteiger partial charge in [0.2, 0.25) is 0 Å². The first kappa shape index (κ1) is 21.1. The molecule has 3 aliphatic rings. The maximum Gasteiger partial charge on any atom is 0.255 e. The van der Waals surface area contributed by atoms with Crippen LogP contribution >= 0.6 is 0 Å². The van der Waals surface area contributed by atoms with Crippen molar-refractivity contribution >= 4 is 17.3 Å². The third kappa shape index (κ3) is 3.42. The molecule has 2 bridgehead atoms. The lowest BCUT2D eigenvalue weighted by atomic mass is 9.68. The van der Waals surface area contributed by atoms with E-state index in [4.69, 9.17) is 9.47 Å². The lowest BCUT2D eigenvalue weighted by Crippen LogP contribution is -2.35. The maximum atomic E-state index is 13.3. The van der Waals surface area contributed by atoms with Gasteiger partial charge in [0.05, 0.1) is 25.9 Å². The van der Waals surface area contributed by atoms with Gasteiger partial charge in [-0.15, -0.1) is 0 Å². The predicted molar refractivity (Wildman–Crippen MR) is 134 cm³/mol. The molecule has 2 fully saturated rings. The second kappa shape index (κ2) is 8.39. The van der Waals surface area contributed by atoms with Crippen LogP contribution in [0.1, 0.15) is 52.7 Å². The highest BCUT2D eigenvalue weighted by molar-refractivity contribution is 6.05. The summed E-state index contributed by atoms with van der Waals surface area (Å²) in [5.74, 6) is 3.66. The van der Waals surface area contributed by atoms with Crippen LogP contribution in [-0.2, 0) is 0 Å². The maximum absolute atomic E-state index is 13.3. The van der Waals surface area contributed by atoms with Gasteiger partial charge in [0.15, 0.2) is 0 Å². The minimum atomic E-state index is -0.140. The highest BCUT2D eigenvalue weighted by Crippen LogP contribution is 2.63. The van der Waals surface area contributed by atoms with Crippen molar-refractivity contribution in [2.24, 2.45) is 17.8 Å². The van der Waals surface area contributed by atoms with Gasteiger partial charge in [-0.25, -0.2) is 0 Å². The number of amides is 1. The van der Waals surface area contributed by atoms with E-state index in [1.54, 1.807) is 26.4 Å². The summed E-state index contributed by atoms with van der Waals surface area (Å²) in [5.41, 5.74) is 5.10. The normalized spacial score (nSPS) is 26.2. The van der Waals surface area contributed by atoms with E-state index in [1.807, 2.05) is 12.1 Å². The fraction of sp³-hybridized carbons (Fsp3) is 0.345. The van der Waals surface area contributed by atoms with Crippen molar-refractivity contribution in [3.05, 3.63) is 83.4 Å². The molecule has 2 N–H and O–H groups in total. The number of benzene rings is 3. The summed E-state index contributed by atoms with van der Waals surface area (Å²) in [6.07, 6.45) is 3.92. The Morgan fingerprint density at radius 1 is 0.941 bits per heavy atom. The van der Waals surface area contributed by atoms with Crippen molar-refractivity contribution < 1.29 is 14.3 Å². The number of methoxy groups -OCH3 is 2. The first-order valence-electron chi connectivity index (χ1n) is 12.1. The van der Waals surface area contributed by atoms with Crippen LogP contribution in [0.2, 0.25) is 0 Å². The zero-order valence-corrected chi connectivity index (χ0v) is 19.6.